The predicted molar refractivity (Wildman–Crippen MR) is 79.7 cm³/mol. The van der Waals surface area contributed by atoms with Gasteiger partial charge in [-0.2, -0.15) is 0 Å². The van der Waals surface area contributed by atoms with E-state index in [1.54, 1.807) is 30.5 Å². The fourth-order valence-corrected chi connectivity index (χ4v) is 1.82. The van der Waals surface area contributed by atoms with Crippen LogP contribution in [0.15, 0.2) is 42.6 Å². The largest absolute Gasteiger partial charge is 0.481 e. The minimum atomic E-state index is -0.957. The topological polar surface area (TPSA) is 91.3 Å². The maximum atomic E-state index is 11.8. The molecule has 0 aliphatic rings. The SMILES string of the molecule is O=C(O)Cc1ccc(Cl)c(NC(=O)Nc2ccccn2)c1. The van der Waals surface area contributed by atoms with E-state index in [-0.39, 0.29) is 6.42 Å². The Balaban J connectivity index is 2.07. The van der Waals surface area contributed by atoms with E-state index in [1.165, 1.54) is 12.1 Å². The van der Waals surface area contributed by atoms with Gasteiger partial charge >= 0.3 is 12.0 Å². The fourth-order valence-electron chi connectivity index (χ4n) is 1.66. The van der Waals surface area contributed by atoms with Gasteiger partial charge in [-0.3, -0.25) is 10.1 Å². The van der Waals surface area contributed by atoms with Crippen LogP contribution >= 0.6 is 11.6 Å². The van der Waals surface area contributed by atoms with E-state index in [4.69, 9.17) is 16.7 Å². The van der Waals surface area contributed by atoms with Crippen LogP contribution in [-0.2, 0) is 11.2 Å². The first-order valence-electron chi connectivity index (χ1n) is 6.04. The number of rotatable bonds is 4. The Morgan fingerprint density at radius 1 is 1.19 bits per heavy atom. The second-order valence-electron chi connectivity index (χ2n) is 4.18. The minimum absolute atomic E-state index is 0.145. The summed E-state index contributed by atoms with van der Waals surface area (Å²) < 4.78 is 0. The maximum Gasteiger partial charge on any atom is 0.324 e. The summed E-state index contributed by atoms with van der Waals surface area (Å²) >= 11 is 5.97. The number of halogens is 1. The number of amides is 2. The van der Waals surface area contributed by atoms with Gasteiger partial charge in [-0.25, -0.2) is 9.78 Å². The molecule has 21 heavy (non-hydrogen) atoms. The number of nitrogens with zero attached hydrogens (tertiary/aromatic N) is 1. The standard InChI is InChI=1S/C14H12ClN3O3/c15-10-5-4-9(8-13(19)20)7-11(10)17-14(21)18-12-3-1-2-6-16-12/h1-7H,8H2,(H,19,20)(H2,16,17,18,21). The van der Waals surface area contributed by atoms with Gasteiger partial charge in [0.25, 0.3) is 0 Å². The number of hydrogen-bond donors (Lipinski definition) is 3. The molecule has 3 N–H and O–H groups in total. The molecule has 1 aromatic heterocycles. The lowest BCUT2D eigenvalue weighted by Crippen LogP contribution is -2.20. The number of pyridine rings is 1. The third kappa shape index (κ3) is 4.47. The van der Waals surface area contributed by atoms with Crippen LogP contribution < -0.4 is 10.6 Å². The zero-order chi connectivity index (χ0) is 15.2. The molecule has 0 bridgehead atoms. The van der Waals surface area contributed by atoms with Crippen molar-refractivity contribution in [3.63, 3.8) is 0 Å². The van der Waals surface area contributed by atoms with Gasteiger partial charge in [0, 0.05) is 6.20 Å². The Kier molecular flexibility index (Phi) is 4.73. The number of carboxylic acid groups (broad SMARTS) is 1. The smallest absolute Gasteiger partial charge is 0.324 e. The first-order valence-corrected chi connectivity index (χ1v) is 6.41. The lowest BCUT2D eigenvalue weighted by atomic mass is 10.1. The third-order valence-electron chi connectivity index (χ3n) is 2.54. The number of aromatic nitrogens is 1. The van der Waals surface area contributed by atoms with Crippen molar-refractivity contribution in [2.75, 3.05) is 10.6 Å². The molecule has 1 aromatic carbocycles. The molecule has 108 valence electrons. The van der Waals surface area contributed by atoms with E-state index in [9.17, 15) is 9.59 Å². The Bertz CT molecular complexity index is 662. The van der Waals surface area contributed by atoms with Gasteiger partial charge < -0.3 is 10.4 Å². The normalized spacial score (nSPS) is 9.95. The number of carbonyl (C=O) groups excluding carboxylic acids is 1. The first-order chi connectivity index (χ1) is 10.0. The van der Waals surface area contributed by atoms with Gasteiger partial charge in [0.15, 0.2) is 0 Å². The van der Waals surface area contributed by atoms with Gasteiger partial charge in [0.05, 0.1) is 17.1 Å². The number of carboxylic acids is 1. The highest BCUT2D eigenvalue weighted by Crippen LogP contribution is 2.23. The van der Waals surface area contributed by atoms with E-state index in [0.29, 0.717) is 22.1 Å². The summed E-state index contributed by atoms with van der Waals surface area (Å²) in [6.07, 6.45) is 1.41. The second-order valence-corrected chi connectivity index (χ2v) is 4.59. The Morgan fingerprint density at radius 2 is 2.00 bits per heavy atom. The quantitative estimate of drug-likeness (QED) is 0.809. The molecule has 0 unspecified atom stereocenters. The maximum absolute atomic E-state index is 11.8. The van der Waals surface area contributed by atoms with E-state index in [1.807, 2.05) is 0 Å². The Morgan fingerprint density at radius 3 is 2.67 bits per heavy atom. The first kappa shape index (κ1) is 14.8. The van der Waals surface area contributed by atoms with Crippen LogP contribution in [0, 0.1) is 0 Å². The number of aliphatic carboxylic acids is 1. The molecule has 0 radical (unpaired) electrons. The lowest BCUT2D eigenvalue weighted by Gasteiger charge is -2.09. The number of benzene rings is 1. The zero-order valence-electron chi connectivity index (χ0n) is 10.8. The van der Waals surface area contributed by atoms with Crippen molar-refractivity contribution in [2.45, 2.75) is 6.42 Å². The zero-order valence-corrected chi connectivity index (χ0v) is 11.6. The van der Waals surface area contributed by atoms with E-state index in [2.05, 4.69) is 15.6 Å². The summed E-state index contributed by atoms with van der Waals surface area (Å²) in [5.74, 6) is -0.561. The summed E-state index contributed by atoms with van der Waals surface area (Å²) in [4.78, 5) is 26.5. The molecule has 0 spiro atoms. The highest BCUT2D eigenvalue weighted by Gasteiger charge is 2.09. The highest BCUT2D eigenvalue weighted by molar-refractivity contribution is 6.33. The molecule has 0 atom stereocenters. The predicted octanol–water partition coefficient (Wildman–Crippen LogP) is 3.01. The van der Waals surface area contributed by atoms with Crippen molar-refractivity contribution in [3.8, 4) is 0 Å². The van der Waals surface area contributed by atoms with Gasteiger partial charge in [-0.05, 0) is 29.8 Å². The molecular weight excluding hydrogens is 294 g/mol. The van der Waals surface area contributed by atoms with Crippen molar-refractivity contribution < 1.29 is 14.7 Å². The molecule has 0 saturated heterocycles. The summed E-state index contributed by atoms with van der Waals surface area (Å²) in [6, 6.07) is 9.26. The highest BCUT2D eigenvalue weighted by atomic mass is 35.5. The van der Waals surface area contributed by atoms with Crippen LogP contribution in [0.1, 0.15) is 5.56 Å². The average Bonchev–Trinajstić information content (AvgIpc) is 2.43. The van der Waals surface area contributed by atoms with Crippen molar-refractivity contribution in [1.82, 2.24) is 4.98 Å². The van der Waals surface area contributed by atoms with Gasteiger partial charge in [0.2, 0.25) is 0 Å². The third-order valence-corrected chi connectivity index (χ3v) is 2.87. The van der Waals surface area contributed by atoms with E-state index < -0.39 is 12.0 Å². The number of hydrogen-bond acceptors (Lipinski definition) is 3. The molecule has 0 aliphatic heterocycles. The molecule has 7 heteroatoms. The molecular formula is C14H12ClN3O3. The van der Waals surface area contributed by atoms with Crippen LogP contribution in [0.3, 0.4) is 0 Å². The Labute approximate surface area is 125 Å². The summed E-state index contributed by atoms with van der Waals surface area (Å²) in [7, 11) is 0. The molecule has 2 amide bonds. The molecule has 0 aliphatic carbocycles. The van der Waals surface area contributed by atoms with Crippen LogP contribution in [0.2, 0.25) is 5.02 Å². The minimum Gasteiger partial charge on any atom is -0.481 e. The summed E-state index contributed by atoms with van der Waals surface area (Å²) in [5, 5.41) is 14.2. The summed E-state index contributed by atoms with van der Waals surface area (Å²) in [6.45, 7) is 0. The monoisotopic (exact) mass is 305 g/mol. The number of nitrogens with one attached hydrogen (secondary N) is 2. The van der Waals surface area contributed by atoms with Crippen LogP contribution in [0.4, 0.5) is 16.3 Å². The second kappa shape index (κ2) is 6.71. The van der Waals surface area contributed by atoms with Gasteiger partial charge in [0.1, 0.15) is 5.82 Å². The van der Waals surface area contributed by atoms with Crippen molar-refractivity contribution in [2.24, 2.45) is 0 Å². The van der Waals surface area contributed by atoms with Gasteiger partial charge in [-0.15, -0.1) is 0 Å². The van der Waals surface area contributed by atoms with Crippen molar-refractivity contribution in [1.29, 1.82) is 0 Å². The fraction of sp³-hybridized carbons (Fsp3) is 0.0714. The van der Waals surface area contributed by atoms with E-state index >= 15 is 0 Å². The number of urea groups is 1. The lowest BCUT2D eigenvalue weighted by molar-refractivity contribution is -0.136. The number of anilines is 2. The summed E-state index contributed by atoms with van der Waals surface area (Å²) in [5.41, 5.74) is 0.879. The molecule has 0 saturated carbocycles. The van der Waals surface area contributed by atoms with Crippen LogP contribution in [0.25, 0.3) is 0 Å². The van der Waals surface area contributed by atoms with Crippen molar-refractivity contribution in [3.05, 3.63) is 53.2 Å². The van der Waals surface area contributed by atoms with Crippen molar-refractivity contribution >= 4 is 35.1 Å². The number of carbonyl (C=O) groups is 2. The van der Waals surface area contributed by atoms with Crippen LogP contribution in [-0.4, -0.2) is 22.1 Å². The molecule has 6 nitrogen and oxygen atoms in total. The molecule has 0 fully saturated rings. The molecule has 1 heterocycles. The van der Waals surface area contributed by atoms with E-state index in [0.717, 1.165) is 0 Å². The van der Waals surface area contributed by atoms with Gasteiger partial charge in [-0.1, -0.05) is 23.7 Å². The van der Waals surface area contributed by atoms with Crippen LogP contribution in [0.5, 0.6) is 0 Å². The average molecular weight is 306 g/mol. The molecule has 2 aromatic rings. The molecule has 2 rings (SSSR count). The Hall–Kier alpha value is -2.60.